The number of halogens is 2. The van der Waals surface area contributed by atoms with Gasteiger partial charge in [0.15, 0.2) is 0 Å². The second kappa shape index (κ2) is 6.07. The molecule has 130 valence electrons. The van der Waals surface area contributed by atoms with Crippen LogP contribution >= 0.6 is 23.2 Å². The zero-order chi connectivity index (χ0) is 17.8. The van der Waals surface area contributed by atoms with E-state index in [9.17, 15) is 0 Å². The van der Waals surface area contributed by atoms with Gasteiger partial charge in [-0.2, -0.15) is 0 Å². The highest BCUT2D eigenvalue weighted by atomic mass is 35.5. The zero-order valence-electron chi connectivity index (χ0n) is 14.8. The summed E-state index contributed by atoms with van der Waals surface area (Å²) in [5.41, 5.74) is 4.98. The van der Waals surface area contributed by atoms with Crippen molar-refractivity contribution in [3.05, 3.63) is 75.3 Å². The maximum absolute atomic E-state index is 6.51. The SMILES string of the molecule is CC(C)(C)c1ccc([C@@H]2Nc3c(Cl)ccc(Cl)c3[C@@H]3C=CC[C@@H]32)cc1. The van der Waals surface area contributed by atoms with Crippen LogP contribution in [0.1, 0.15) is 55.8 Å². The lowest BCUT2D eigenvalue weighted by Crippen LogP contribution is -2.29. The van der Waals surface area contributed by atoms with Crippen LogP contribution in [0.15, 0.2) is 48.6 Å². The van der Waals surface area contributed by atoms with Crippen molar-refractivity contribution in [2.75, 3.05) is 5.32 Å². The van der Waals surface area contributed by atoms with Crippen LogP contribution in [0, 0.1) is 5.92 Å². The molecular formula is C22H23Cl2N. The van der Waals surface area contributed by atoms with Crippen LogP contribution in [0.2, 0.25) is 10.0 Å². The molecule has 1 aliphatic heterocycles. The number of fused-ring (bicyclic) bond motifs is 3. The summed E-state index contributed by atoms with van der Waals surface area (Å²) >= 11 is 13.0. The molecule has 1 N–H and O–H groups in total. The summed E-state index contributed by atoms with van der Waals surface area (Å²) in [4.78, 5) is 0. The lowest BCUT2D eigenvalue weighted by molar-refractivity contribution is 0.425. The Morgan fingerprint density at radius 3 is 2.32 bits per heavy atom. The molecule has 0 saturated heterocycles. The van der Waals surface area contributed by atoms with Gasteiger partial charge in [-0.25, -0.2) is 0 Å². The Bertz CT molecular complexity index is 830. The van der Waals surface area contributed by atoms with Gasteiger partial charge in [-0.15, -0.1) is 0 Å². The average Bonchev–Trinajstić information content (AvgIpc) is 3.06. The van der Waals surface area contributed by atoms with Gasteiger partial charge in [-0.1, -0.05) is 80.4 Å². The molecule has 0 bridgehead atoms. The summed E-state index contributed by atoms with van der Waals surface area (Å²) < 4.78 is 0. The van der Waals surface area contributed by atoms with Crippen molar-refractivity contribution in [2.45, 2.75) is 44.6 Å². The number of benzene rings is 2. The van der Waals surface area contributed by atoms with Crippen LogP contribution in [-0.2, 0) is 5.41 Å². The summed E-state index contributed by atoms with van der Waals surface area (Å²) in [6.45, 7) is 6.74. The first-order valence-electron chi connectivity index (χ1n) is 8.88. The average molecular weight is 372 g/mol. The molecule has 4 rings (SSSR count). The van der Waals surface area contributed by atoms with Crippen molar-refractivity contribution in [1.82, 2.24) is 0 Å². The van der Waals surface area contributed by atoms with E-state index >= 15 is 0 Å². The van der Waals surface area contributed by atoms with Crippen LogP contribution in [0.25, 0.3) is 0 Å². The highest BCUT2D eigenvalue weighted by Crippen LogP contribution is 2.53. The third kappa shape index (κ3) is 2.88. The molecule has 2 aliphatic rings. The highest BCUT2D eigenvalue weighted by molar-refractivity contribution is 6.36. The van der Waals surface area contributed by atoms with Crippen molar-refractivity contribution in [1.29, 1.82) is 0 Å². The fourth-order valence-electron chi connectivity index (χ4n) is 4.15. The molecule has 2 aromatic rings. The van der Waals surface area contributed by atoms with E-state index in [2.05, 4.69) is 62.5 Å². The number of nitrogens with one attached hydrogen (secondary N) is 1. The van der Waals surface area contributed by atoms with E-state index in [0.717, 1.165) is 27.7 Å². The van der Waals surface area contributed by atoms with Gasteiger partial charge in [0.1, 0.15) is 0 Å². The van der Waals surface area contributed by atoms with E-state index in [1.165, 1.54) is 11.1 Å². The Morgan fingerprint density at radius 1 is 0.960 bits per heavy atom. The largest absolute Gasteiger partial charge is 0.376 e. The molecule has 1 aliphatic carbocycles. The molecule has 2 aromatic carbocycles. The quantitative estimate of drug-likeness (QED) is 0.526. The molecule has 25 heavy (non-hydrogen) atoms. The van der Waals surface area contributed by atoms with Gasteiger partial charge in [0.05, 0.1) is 16.8 Å². The van der Waals surface area contributed by atoms with Crippen LogP contribution < -0.4 is 5.32 Å². The van der Waals surface area contributed by atoms with Gasteiger partial charge in [-0.3, -0.25) is 0 Å². The van der Waals surface area contributed by atoms with Gasteiger partial charge in [-0.05, 0) is 41.0 Å². The van der Waals surface area contributed by atoms with Crippen LogP contribution in [0.4, 0.5) is 5.69 Å². The Morgan fingerprint density at radius 2 is 1.64 bits per heavy atom. The summed E-state index contributed by atoms with van der Waals surface area (Å²) in [5.74, 6) is 0.804. The number of rotatable bonds is 1. The number of hydrogen-bond acceptors (Lipinski definition) is 1. The number of allylic oxidation sites excluding steroid dienone is 2. The van der Waals surface area contributed by atoms with Crippen LogP contribution in [0.5, 0.6) is 0 Å². The Balaban J connectivity index is 1.76. The molecule has 1 nitrogen and oxygen atoms in total. The summed E-state index contributed by atoms with van der Waals surface area (Å²) in [6.07, 6.45) is 5.63. The lowest BCUT2D eigenvalue weighted by Gasteiger charge is -2.38. The Hall–Kier alpha value is -1.44. The molecule has 1 heterocycles. The van der Waals surface area contributed by atoms with Crippen molar-refractivity contribution >= 4 is 28.9 Å². The fourth-order valence-corrected chi connectivity index (χ4v) is 4.65. The molecule has 0 spiro atoms. The monoisotopic (exact) mass is 371 g/mol. The standard InChI is InChI=1S/C22H23Cl2N/c1-22(2,3)14-9-7-13(8-10-14)20-16-6-4-5-15(16)19-17(23)11-12-18(24)21(19)25-20/h4-5,7-12,15-16,20,25H,6H2,1-3H3/t15-,16+,20+/m1/s1. The predicted octanol–water partition coefficient (Wildman–Crippen LogP) is 7.12. The first-order chi connectivity index (χ1) is 11.9. The zero-order valence-corrected chi connectivity index (χ0v) is 16.3. The Labute approximate surface area is 160 Å². The topological polar surface area (TPSA) is 12.0 Å². The van der Waals surface area contributed by atoms with Crippen molar-refractivity contribution in [2.24, 2.45) is 5.92 Å². The van der Waals surface area contributed by atoms with Gasteiger partial charge in [0.25, 0.3) is 0 Å². The normalized spacial score (nSPS) is 24.6. The maximum atomic E-state index is 6.51. The fraction of sp³-hybridized carbons (Fsp3) is 0.364. The summed E-state index contributed by atoms with van der Waals surface area (Å²) in [6, 6.07) is 13.1. The molecule has 0 unspecified atom stereocenters. The summed E-state index contributed by atoms with van der Waals surface area (Å²) in [5, 5.41) is 5.24. The van der Waals surface area contributed by atoms with Crippen LogP contribution in [-0.4, -0.2) is 0 Å². The van der Waals surface area contributed by atoms with E-state index in [1.54, 1.807) is 0 Å². The van der Waals surface area contributed by atoms with E-state index < -0.39 is 0 Å². The molecular weight excluding hydrogens is 349 g/mol. The minimum Gasteiger partial charge on any atom is -0.376 e. The van der Waals surface area contributed by atoms with Crippen molar-refractivity contribution in [3.8, 4) is 0 Å². The summed E-state index contributed by atoms with van der Waals surface area (Å²) in [7, 11) is 0. The minimum absolute atomic E-state index is 0.166. The second-order valence-electron chi connectivity index (χ2n) is 8.17. The van der Waals surface area contributed by atoms with Gasteiger partial charge >= 0.3 is 0 Å². The molecule has 3 atom stereocenters. The van der Waals surface area contributed by atoms with Crippen LogP contribution in [0.3, 0.4) is 0 Å². The maximum Gasteiger partial charge on any atom is 0.0641 e. The molecule has 0 amide bonds. The van der Waals surface area contributed by atoms with Gasteiger partial charge in [0, 0.05) is 16.5 Å². The van der Waals surface area contributed by atoms with E-state index in [1.807, 2.05) is 12.1 Å². The first-order valence-corrected chi connectivity index (χ1v) is 9.63. The molecule has 0 radical (unpaired) electrons. The molecule has 0 saturated carbocycles. The number of anilines is 1. The van der Waals surface area contributed by atoms with E-state index in [-0.39, 0.29) is 11.5 Å². The van der Waals surface area contributed by atoms with Crippen molar-refractivity contribution in [3.63, 3.8) is 0 Å². The van der Waals surface area contributed by atoms with E-state index in [0.29, 0.717) is 11.8 Å². The molecule has 0 aromatic heterocycles. The van der Waals surface area contributed by atoms with Gasteiger partial charge < -0.3 is 5.32 Å². The molecule has 0 fully saturated rings. The Kier molecular flexibility index (Phi) is 4.13. The lowest BCUT2D eigenvalue weighted by atomic mass is 9.76. The smallest absolute Gasteiger partial charge is 0.0641 e. The third-order valence-electron chi connectivity index (χ3n) is 5.55. The molecule has 3 heteroatoms. The number of hydrogen-bond donors (Lipinski definition) is 1. The minimum atomic E-state index is 0.166. The van der Waals surface area contributed by atoms with E-state index in [4.69, 9.17) is 23.2 Å². The van der Waals surface area contributed by atoms with Gasteiger partial charge in [0.2, 0.25) is 0 Å². The first kappa shape index (κ1) is 17.0. The predicted molar refractivity (Wildman–Crippen MR) is 108 cm³/mol. The van der Waals surface area contributed by atoms with Crippen molar-refractivity contribution < 1.29 is 0 Å². The second-order valence-corrected chi connectivity index (χ2v) is 8.98. The third-order valence-corrected chi connectivity index (χ3v) is 6.20. The highest BCUT2D eigenvalue weighted by Gasteiger charge is 2.39.